The van der Waals surface area contributed by atoms with Crippen LogP contribution in [0.3, 0.4) is 0 Å². The van der Waals surface area contributed by atoms with Gasteiger partial charge < -0.3 is 9.47 Å². The molecule has 0 aromatic heterocycles. The second-order valence-electron chi connectivity index (χ2n) is 3.27. The molecule has 5 nitrogen and oxygen atoms in total. The van der Waals surface area contributed by atoms with Crippen LogP contribution in [0.1, 0.15) is 12.8 Å². The monoisotopic (exact) mass is 189 g/mol. The van der Waals surface area contributed by atoms with Crippen LogP contribution in [0, 0.1) is 0 Å². The molecule has 2 aliphatic rings. The Morgan fingerprint density at radius 3 is 2.77 bits per heavy atom. The molecule has 0 saturated carbocycles. The molecule has 2 saturated heterocycles. The van der Waals surface area contributed by atoms with E-state index in [0.717, 1.165) is 12.8 Å². The molecule has 0 spiro atoms. The predicted molar refractivity (Wildman–Crippen MR) is 43.5 cm³/mol. The molecule has 0 aromatic rings. The Balaban J connectivity index is 1.94. The Hall–Kier alpha value is -0.200. The third-order valence-corrected chi connectivity index (χ3v) is 2.55. The fourth-order valence-corrected chi connectivity index (χ4v) is 1.75. The van der Waals surface area contributed by atoms with Crippen molar-refractivity contribution in [3.63, 3.8) is 0 Å². The van der Waals surface area contributed by atoms with Crippen LogP contribution in [0.15, 0.2) is 0 Å². The van der Waals surface area contributed by atoms with Gasteiger partial charge >= 0.3 is 0 Å². The first kappa shape index (κ1) is 9.36. The van der Waals surface area contributed by atoms with Crippen LogP contribution in [-0.4, -0.2) is 44.5 Å². The van der Waals surface area contributed by atoms with E-state index in [2.05, 4.69) is 0 Å². The standard InChI is InChI=1S/C8H15NO4/c1-10-7-5-12-9-6(7)3-4-8(11-2)13-9/h6-8H,3-5H2,1-2H3/t6-,7+,8-/m0/s1. The normalized spacial score (nSPS) is 40.6. The summed E-state index contributed by atoms with van der Waals surface area (Å²) in [5.74, 6) is 0. The molecule has 76 valence electrons. The van der Waals surface area contributed by atoms with Gasteiger partial charge in [0.25, 0.3) is 0 Å². The van der Waals surface area contributed by atoms with Crippen molar-refractivity contribution in [2.75, 3.05) is 20.8 Å². The van der Waals surface area contributed by atoms with Crippen LogP contribution in [0.5, 0.6) is 0 Å². The van der Waals surface area contributed by atoms with Crippen LogP contribution in [0.2, 0.25) is 0 Å². The highest BCUT2D eigenvalue weighted by molar-refractivity contribution is 4.80. The van der Waals surface area contributed by atoms with Crippen molar-refractivity contribution in [1.82, 2.24) is 5.23 Å². The van der Waals surface area contributed by atoms with Gasteiger partial charge in [-0.05, 0) is 6.42 Å². The molecule has 2 rings (SSSR count). The van der Waals surface area contributed by atoms with Crippen LogP contribution in [-0.2, 0) is 19.1 Å². The summed E-state index contributed by atoms with van der Waals surface area (Å²) in [4.78, 5) is 10.7. The Kier molecular flexibility index (Phi) is 2.80. The molecule has 5 heteroatoms. The summed E-state index contributed by atoms with van der Waals surface area (Å²) >= 11 is 0. The summed E-state index contributed by atoms with van der Waals surface area (Å²) in [6, 6.07) is 0.219. The molecule has 0 N–H and O–H groups in total. The van der Waals surface area contributed by atoms with Gasteiger partial charge in [-0.25, -0.2) is 4.84 Å². The molecule has 0 aromatic carbocycles. The van der Waals surface area contributed by atoms with Crippen LogP contribution in [0.25, 0.3) is 0 Å². The van der Waals surface area contributed by atoms with Crippen molar-refractivity contribution >= 4 is 0 Å². The van der Waals surface area contributed by atoms with Crippen molar-refractivity contribution in [2.45, 2.75) is 31.3 Å². The van der Waals surface area contributed by atoms with Gasteiger partial charge in [-0.15, -0.1) is 0 Å². The fourth-order valence-electron chi connectivity index (χ4n) is 1.75. The zero-order valence-electron chi connectivity index (χ0n) is 7.93. The summed E-state index contributed by atoms with van der Waals surface area (Å²) < 4.78 is 10.3. The fraction of sp³-hybridized carbons (Fsp3) is 1.00. The lowest BCUT2D eigenvalue weighted by Gasteiger charge is -2.32. The molecule has 2 aliphatic heterocycles. The molecule has 0 amide bonds. The van der Waals surface area contributed by atoms with E-state index >= 15 is 0 Å². The van der Waals surface area contributed by atoms with Crippen molar-refractivity contribution in [2.24, 2.45) is 0 Å². The molecule has 0 unspecified atom stereocenters. The first-order valence-corrected chi connectivity index (χ1v) is 4.49. The summed E-state index contributed by atoms with van der Waals surface area (Å²) in [5.41, 5.74) is 0. The van der Waals surface area contributed by atoms with Gasteiger partial charge in [-0.1, -0.05) is 5.23 Å². The summed E-state index contributed by atoms with van der Waals surface area (Å²) in [5, 5.41) is 1.52. The Bertz CT molecular complexity index is 178. The van der Waals surface area contributed by atoms with Crippen LogP contribution < -0.4 is 0 Å². The van der Waals surface area contributed by atoms with E-state index in [9.17, 15) is 0 Å². The largest absolute Gasteiger partial charge is 0.377 e. The Morgan fingerprint density at radius 2 is 2.08 bits per heavy atom. The number of hydrogen-bond acceptors (Lipinski definition) is 5. The van der Waals surface area contributed by atoms with E-state index in [4.69, 9.17) is 19.1 Å². The van der Waals surface area contributed by atoms with E-state index < -0.39 is 0 Å². The van der Waals surface area contributed by atoms with Gasteiger partial charge in [-0.3, -0.25) is 4.84 Å². The number of rotatable bonds is 2. The summed E-state index contributed by atoms with van der Waals surface area (Å²) in [6.45, 7) is 0.567. The minimum Gasteiger partial charge on any atom is -0.377 e. The molecular weight excluding hydrogens is 174 g/mol. The highest BCUT2D eigenvalue weighted by atomic mass is 17.0. The SMILES string of the molecule is CO[C@@H]1CC[C@H]2[C@H](OC)CON2O1. The van der Waals surface area contributed by atoms with Gasteiger partial charge in [0.15, 0.2) is 6.29 Å². The van der Waals surface area contributed by atoms with E-state index in [1.807, 2.05) is 0 Å². The second-order valence-corrected chi connectivity index (χ2v) is 3.27. The number of hydrogen-bond donors (Lipinski definition) is 0. The zero-order chi connectivity index (χ0) is 9.26. The van der Waals surface area contributed by atoms with Gasteiger partial charge in [0.05, 0.1) is 12.6 Å². The smallest absolute Gasteiger partial charge is 0.179 e. The van der Waals surface area contributed by atoms with Crippen molar-refractivity contribution < 1.29 is 19.1 Å². The molecule has 0 bridgehead atoms. The Labute approximate surface area is 77.4 Å². The first-order valence-electron chi connectivity index (χ1n) is 4.49. The van der Waals surface area contributed by atoms with E-state index in [1.54, 1.807) is 14.2 Å². The van der Waals surface area contributed by atoms with Gasteiger partial charge in [0, 0.05) is 20.6 Å². The minimum absolute atomic E-state index is 0.123. The lowest BCUT2D eigenvalue weighted by atomic mass is 10.1. The molecule has 2 heterocycles. The average Bonchev–Trinajstić information content (AvgIpc) is 2.59. The van der Waals surface area contributed by atoms with Crippen molar-refractivity contribution in [3.05, 3.63) is 0 Å². The number of ether oxygens (including phenoxy) is 2. The zero-order valence-corrected chi connectivity index (χ0v) is 7.93. The maximum absolute atomic E-state index is 5.40. The average molecular weight is 189 g/mol. The van der Waals surface area contributed by atoms with Crippen LogP contribution in [0.4, 0.5) is 0 Å². The topological polar surface area (TPSA) is 40.2 Å². The quantitative estimate of drug-likeness (QED) is 0.625. The lowest BCUT2D eigenvalue weighted by molar-refractivity contribution is -0.425. The molecule has 0 radical (unpaired) electrons. The number of methoxy groups -OCH3 is 2. The van der Waals surface area contributed by atoms with E-state index in [-0.39, 0.29) is 18.4 Å². The maximum Gasteiger partial charge on any atom is 0.179 e. The first-order chi connectivity index (χ1) is 6.35. The molecule has 13 heavy (non-hydrogen) atoms. The second kappa shape index (κ2) is 3.89. The molecule has 2 fully saturated rings. The molecule has 3 atom stereocenters. The van der Waals surface area contributed by atoms with E-state index in [1.165, 1.54) is 5.23 Å². The Morgan fingerprint density at radius 1 is 1.23 bits per heavy atom. The summed E-state index contributed by atoms with van der Waals surface area (Å²) in [6.07, 6.45) is 1.82. The molecule has 0 aliphatic carbocycles. The number of nitrogens with zero attached hydrogens (tertiary/aromatic N) is 1. The number of hydroxylamine groups is 2. The van der Waals surface area contributed by atoms with Gasteiger partial charge in [0.1, 0.15) is 6.10 Å². The van der Waals surface area contributed by atoms with Crippen molar-refractivity contribution in [3.8, 4) is 0 Å². The lowest BCUT2D eigenvalue weighted by Crippen LogP contribution is -2.43. The van der Waals surface area contributed by atoms with Gasteiger partial charge in [0.2, 0.25) is 0 Å². The highest BCUT2D eigenvalue weighted by Crippen LogP contribution is 2.28. The third kappa shape index (κ3) is 1.70. The van der Waals surface area contributed by atoms with Gasteiger partial charge in [-0.2, -0.15) is 0 Å². The van der Waals surface area contributed by atoms with Crippen LogP contribution >= 0.6 is 0 Å². The van der Waals surface area contributed by atoms with E-state index in [0.29, 0.717) is 6.61 Å². The third-order valence-electron chi connectivity index (χ3n) is 2.55. The highest BCUT2D eigenvalue weighted by Gasteiger charge is 2.41. The predicted octanol–water partition coefficient (Wildman–Crippen LogP) is 0.315. The number of fused-ring (bicyclic) bond motifs is 1. The summed E-state index contributed by atoms with van der Waals surface area (Å²) in [7, 11) is 3.33. The van der Waals surface area contributed by atoms with Crippen molar-refractivity contribution in [1.29, 1.82) is 0 Å². The molecular formula is C8H15NO4. The minimum atomic E-state index is -0.174. The maximum atomic E-state index is 5.40.